The van der Waals surface area contributed by atoms with E-state index in [1.807, 2.05) is 43.3 Å². The number of ether oxygens (including phenoxy) is 1. The second kappa shape index (κ2) is 7.34. The van der Waals surface area contributed by atoms with Gasteiger partial charge in [-0.15, -0.1) is 0 Å². The molecule has 2 aromatic carbocycles. The monoisotopic (exact) mass is 373 g/mol. The van der Waals surface area contributed by atoms with Crippen LogP contribution >= 0.6 is 23.2 Å². The van der Waals surface area contributed by atoms with E-state index in [1.54, 1.807) is 19.1 Å². The number of halogens is 2. The van der Waals surface area contributed by atoms with Crippen LogP contribution < -0.4 is 0 Å². The Balaban J connectivity index is 2.24. The van der Waals surface area contributed by atoms with Crippen LogP contribution in [0.2, 0.25) is 10.0 Å². The molecule has 0 aliphatic heterocycles. The van der Waals surface area contributed by atoms with Crippen molar-refractivity contribution in [1.29, 1.82) is 0 Å². The molecule has 0 unspecified atom stereocenters. The average Bonchev–Trinajstić information content (AvgIpc) is 2.94. The lowest BCUT2D eigenvalue weighted by Crippen LogP contribution is -2.06. The number of aromatic nitrogens is 1. The van der Waals surface area contributed by atoms with Crippen molar-refractivity contribution in [1.82, 2.24) is 4.98 Å². The minimum Gasteiger partial charge on any atom is -0.462 e. The summed E-state index contributed by atoms with van der Waals surface area (Å²) in [4.78, 5) is 15.9. The van der Waals surface area contributed by atoms with E-state index < -0.39 is 0 Å². The van der Waals surface area contributed by atoms with Crippen molar-refractivity contribution in [3.8, 4) is 22.4 Å². The minimum absolute atomic E-state index is 0.319. The molecule has 128 valence electrons. The molecule has 0 aliphatic rings. The van der Waals surface area contributed by atoms with E-state index in [0.717, 1.165) is 28.1 Å². The van der Waals surface area contributed by atoms with Crippen LogP contribution in [0.5, 0.6) is 0 Å². The van der Waals surface area contributed by atoms with Gasteiger partial charge in [0, 0.05) is 21.3 Å². The zero-order valence-corrected chi connectivity index (χ0v) is 15.4. The number of carbonyl (C=O) groups excluding carboxylic acids is 1. The van der Waals surface area contributed by atoms with Crippen molar-refractivity contribution in [2.75, 3.05) is 6.61 Å². The van der Waals surface area contributed by atoms with Gasteiger partial charge in [0.25, 0.3) is 0 Å². The van der Waals surface area contributed by atoms with Crippen LogP contribution in [0.4, 0.5) is 0 Å². The van der Waals surface area contributed by atoms with Gasteiger partial charge in [-0.1, -0.05) is 47.5 Å². The Morgan fingerprint density at radius 2 is 1.48 bits per heavy atom. The highest BCUT2D eigenvalue weighted by Crippen LogP contribution is 2.37. The van der Waals surface area contributed by atoms with Gasteiger partial charge in [0.05, 0.1) is 17.9 Å². The first-order chi connectivity index (χ1) is 12.0. The standard InChI is InChI=1S/C20H17Cl2NO2/c1-3-25-20(24)17-12(2)23-19(14-6-10-16(22)11-7-14)18(17)13-4-8-15(21)9-5-13/h4-11,23H,3H2,1-2H3. The fraction of sp³-hybridized carbons (Fsp3) is 0.150. The number of rotatable bonds is 4. The van der Waals surface area contributed by atoms with Crippen molar-refractivity contribution in [3.63, 3.8) is 0 Å². The second-order valence-electron chi connectivity index (χ2n) is 5.61. The molecule has 0 saturated carbocycles. The maximum atomic E-state index is 12.5. The summed E-state index contributed by atoms with van der Waals surface area (Å²) in [6, 6.07) is 14.9. The Hall–Kier alpha value is -2.23. The van der Waals surface area contributed by atoms with Gasteiger partial charge in [0.15, 0.2) is 0 Å². The smallest absolute Gasteiger partial charge is 0.340 e. The fourth-order valence-corrected chi connectivity index (χ4v) is 3.07. The second-order valence-corrected chi connectivity index (χ2v) is 6.48. The van der Waals surface area contributed by atoms with Crippen LogP contribution in [0, 0.1) is 6.92 Å². The zero-order chi connectivity index (χ0) is 18.0. The summed E-state index contributed by atoms with van der Waals surface area (Å²) in [5, 5.41) is 1.30. The van der Waals surface area contributed by atoms with Crippen LogP contribution in [0.15, 0.2) is 48.5 Å². The zero-order valence-electron chi connectivity index (χ0n) is 13.9. The third-order valence-corrected chi connectivity index (χ3v) is 4.44. The molecular weight excluding hydrogens is 357 g/mol. The molecular formula is C20H17Cl2NO2. The molecule has 5 heteroatoms. The highest BCUT2D eigenvalue weighted by Gasteiger charge is 2.24. The molecule has 3 aromatic rings. The summed E-state index contributed by atoms with van der Waals surface area (Å²) in [6.07, 6.45) is 0. The Bertz CT molecular complexity index is 897. The van der Waals surface area contributed by atoms with Crippen molar-refractivity contribution < 1.29 is 9.53 Å². The van der Waals surface area contributed by atoms with Crippen molar-refractivity contribution in [2.24, 2.45) is 0 Å². The first-order valence-corrected chi connectivity index (χ1v) is 8.68. The molecule has 0 atom stereocenters. The SMILES string of the molecule is CCOC(=O)c1c(C)[nH]c(-c2ccc(Cl)cc2)c1-c1ccc(Cl)cc1. The fourth-order valence-electron chi connectivity index (χ4n) is 2.82. The molecule has 0 amide bonds. The third kappa shape index (κ3) is 3.58. The topological polar surface area (TPSA) is 42.1 Å². The number of carbonyl (C=O) groups is 1. The normalized spacial score (nSPS) is 10.7. The van der Waals surface area contributed by atoms with Crippen molar-refractivity contribution >= 4 is 29.2 Å². The lowest BCUT2D eigenvalue weighted by molar-refractivity contribution is 0.0526. The van der Waals surface area contributed by atoms with E-state index in [-0.39, 0.29) is 5.97 Å². The number of aryl methyl sites for hydroxylation is 1. The molecule has 0 radical (unpaired) electrons. The highest BCUT2D eigenvalue weighted by molar-refractivity contribution is 6.31. The average molecular weight is 374 g/mol. The summed E-state index contributed by atoms with van der Waals surface area (Å²) >= 11 is 12.0. The van der Waals surface area contributed by atoms with E-state index in [2.05, 4.69) is 4.98 Å². The lowest BCUT2D eigenvalue weighted by Gasteiger charge is -2.09. The van der Waals surface area contributed by atoms with Crippen LogP contribution in [-0.2, 0) is 4.74 Å². The van der Waals surface area contributed by atoms with Gasteiger partial charge < -0.3 is 9.72 Å². The minimum atomic E-state index is -0.346. The van der Waals surface area contributed by atoms with Crippen molar-refractivity contribution in [3.05, 3.63) is 69.8 Å². The van der Waals surface area contributed by atoms with Gasteiger partial charge in [0.2, 0.25) is 0 Å². The molecule has 0 saturated heterocycles. The molecule has 1 N–H and O–H groups in total. The van der Waals surface area contributed by atoms with E-state index in [0.29, 0.717) is 22.2 Å². The van der Waals surface area contributed by atoms with E-state index >= 15 is 0 Å². The van der Waals surface area contributed by atoms with Crippen LogP contribution in [-0.4, -0.2) is 17.6 Å². The van der Waals surface area contributed by atoms with Gasteiger partial charge in [0.1, 0.15) is 0 Å². The van der Waals surface area contributed by atoms with Gasteiger partial charge in [-0.2, -0.15) is 0 Å². The van der Waals surface area contributed by atoms with Gasteiger partial charge in [-0.05, 0) is 49.2 Å². The third-order valence-electron chi connectivity index (χ3n) is 3.93. The highest BCUT2D eigenvalue weighted by atomic mass is 35.5. The molecule has 3 nitrogen and oxygen atoms in total. The molecule has 0 bridgehead atoms. The molecule has 1 heterocycles. The summed E-state index contributed by atoms with van der Waals surface area (Å²) in [7, 11) is 0. The first-order valence-electron chi connectivity index (χ1n) is 7.92. The number of benzene rings is 2. The summed E-state index contributed by atoms with van der Waals surface area (Å²) in [5.74, 6) is -0.346. The molecule has 3 rings (SSSR count). The predicted molar refractivity (Wildman–Crippen MR) is 102 cm³/mol. The molecule has 0 spiro atoms. The molecule has 25 heavy (non-hydrogen) atoms. The Labute approximate surface area is 156 Å². The lowest BCUT2D eigenvalue weighted by atomic mass is 9.97. The number of esters is 1. The molecule has 0 fully saturated rings. The summed E-state index contributed by atoms with van der Waals surface area (Å²) < 4.78 is 5.26. The maximum absolute atomic E-state index is 12.5. The Morgan fingerprint density at radius 1 is 0.960 bits per heavy atom. The van der Waals surface area contributed by atoms with Gasteiger partial charge in [-0.3, -0.25) is 0 Å². The first kappa shape index (κ1) is 17.6. The molecule has 1 aromatic heterocycles. The van der Waals surface area contributed by atoms with E-state index in [1.165, 1.54) is 0 Å². The number of H-pyrrole nitrogens is 1. The van der Waals surface area contributed by atoms with Gasteiger partial charge in [-0.25, -0.2) is 4.79 Å². The van der Waals surface area contributed by atoms with Crippen LogP contribution in [0.3, 0.4) is 0 Å². The Kier molecular flexibility index (Phi) is 5.16. The van der Waals surface area contributed by atoms with Gasteiger partial charge >= 0.3 is 5.97 Å². The van der Waals surface area contributed by atoms with Crippen molar-refractivity contribution in [2.45, 2.75) is 13.8 Å². The predicted octanol–water partition coefficient (Wildman–Crippen LogP) is 6.14. The Morgan fingerprint density at radius 3 is 2.00 bits per heavy atom. The van der Waals surface area contributed by atoms with Crippen LogP contribution in [0.1, 0.15) is 23.0 Å². The van der Waals surface area contributed by atoms with E-state index in [9.17, 15) is 4.79 Å². The molecule has 0 aliphatic carbocycles. The summed E-state index contributed by atoms with van der Waals surface area (Å²) in [6.45, 7) is 3.98. The number of hydrogen-bond acceptors (Lipinski definition) is 2. The maximum Gasteiger partial charge on any atom is 0.340 e. The number of hydrogen-bond donors (Lipinski definition) is 1. The summed E-state index contributed by atoms with van der Waals surface area (Å²) in [5.41, 5.74) is 4.77. The largest absolute Gasteiger partial charge is 0.462 e. The number of aromatic amines is 1. The number of nitrogens with one attached hydrogen (secondary N) is 1. The quantitative estimate of drug-likeness (QED) is 0.557. The van der Waals surface area contributed by atoms with Crippen LogP contribution in [0.25, 0.3) is 22.4 Å². The van der Waals surface area contributed by atoms with E-state index in [4.69, 9.17) is 27.9 Å².